The van der Waals surface area contributed by atoms with Gasteiger partial charge in [-0.2, -0.15) is 0 Å². The van der Waals surface area contributed by atoms with Gasteiger partial charge in [0.25, 0.3) is 5.91 Å². The number of hydrogen-bond donors (Lipinski definition) is 2. The molecule has 1 amide bonds. The molecule has 0 fully saturated rings. The summed E-state index contributed by atoms with van der Waals surface area (Å²) in [7, 11) is 0. The number of nitrogens with one attached hydrogen (secondary N) is 1. The lowest BCUT2D eigenvalue weighted by Gasteiger charge is -2.14. The molecule has 0 heterocycles. The van der Waals surface area contributed by atoms with Gasteiger partial charge in [0.1, 0.15) is 11.9 Å². The van der Waals surface area contributed by atoms with Gasteiger partial charge < -0.3 is 15.8 Å². The fourth-order valence-corrected chi connectivity index (χ4v) is 1.75. The van der Waals surface area contributed by atoms with E-state index in [0.717, 1.165) is 12.8 Å². The average Bonchev–Trinajstić information content (AvgIpc) is 2.41. The first-order valence-corrected chi connectivity index (χ1v) is 7.02. The van der Waals surface area contributed by atoms with Gasteiger partial charge in [-0.25, -0.2) is 4.39 Å². The second kappa shape index (κ2) is 8.53. The van der Waals surface area contributed by atoms with Crippen molar-refractivity contribution in [2.45, 2.75) is 45.6 Å². The van der Waals surface area contributed by atoms with E-state index >= 15 is 0 Å². The summed E-state index contributed by atoms with van der Waals surface area (Å²) in [5, 5.41) is 2.63. The van der Waals surface area contributed by atoms with Gasteiger partial charge in [-0.3, -0.25) is 4.79 Å². The zero-order valence-corrected chi connectivity index (χ0v) is 12.1. The minimum absolute atomic E-state index is 0.202. The molecule has 1 aromatic carbocycles. The molecule has 4 nitrogen and oxygen atoms in total. The topological polar surface area (TPSA) is 64.3 Å². The number of benzene rings is 1. The highest BCUT2D eigenvalue weighted by Crippen LogP contribution is 2.19. The number of rotatable bonds is 8. The van der Waals surface area contributed by atoms with Crippen LogP contribution in [0.3, 0.4) is 0 Å². The van der Waals surface area contributed by atoms with Gasteiger partial charge in [0, 0.05) is 6.61 Å². The van der Waals surface area contributed by atoms with E-state index in [1.54, 1.807) is 6.92 Å². The number of nitrogen functional groups attached to an aromatic ring is 1. The molecule has 1 atom stereocenters. The predicted molar refractivity (Wildman–Crippen MR) is 79.0 cm³/mol. The van der Waals surface area contributed by atoms with Crippen LogP contribution in [0, 0.1) is 5.82 Å². The maximum Gasteiger partial charge on any atom is 0.253 e. The van der Waals surface area contributed by atoms with Crippen molar-refractivity contribution in [2.75, 3.05) is 17.7 Å². The van der Waals surface area contributed by atoms with Crippen LogP contribution in [-0.2, 0) is 9.53 Å². The largest absolute Gasteiger partial charge is 0.397 e. The molecule has 3 N–H and O–H groups in total. The van der Waals surface area contributed by atoms with E-state index in [0.29, 0.717) is 12.3 Å². The first-order valence-electron chi connectivity index (χ1n) is 7.02. The van der Waals surface area contributed by atoms with Crippen molar-refractivity contribution in [3.05, 3.63) is 24.0 Å². The first-order chi connectivity index (χ1) is 9.54. The van der Waals surface area contributed by atoms with Crippen LogP contribution >= 0.6 is 0 Å². The third kappa shape index (κ3) is 5.57. The van der Waals surface area contributed by atoms with Gasteiger partial charge in [-0.05, 0) is 31.5 Å². The summed E-state index contributed by atoms with van der Waals surface area (Å²) >= 11 is 0. The number of unbranched alkanes of at least 4 members (excludes halogenated alkanes) is 3. The zero-order chi connectivity index (χ0) is 15.0. The monoisotopic (exact) mass is 282 g/mol. The van der Waals surface area contributed by atoms with Crippen molar-refractivity contribution in [1.82, 2.24) is 0 Å². The average molecular weight is 282 g/mol. The van der Waals surface area contributed by atoms with E-state index in [1.165, 1.54) is 31.0 Å². The fraction of sp³-hybridized carbons (Fsp3) is 0.533. The van der Waals surface area contributed by atoms with E-state index in [9.17, 15) is 9.18 Å². The molecule has 0 saturated carbocycles. The van der Waals surface area contributed by atoms with Crippen LogP contribution in [-0.4, -0.2) is 18.6 Å². The highest BCUT2D eigenvalue weighted by Gasteiger charge is 2.14. The van der Waals surface area contributed by atoms with Crippen molar-refractivity contribution >= 4 is 17.3 Å². The summed E-state index contributed by atoms with van der Waals surface area (Å²) in [5.74, 6) is -0.709. The van der Waals surface area contributed by atoms with Crippen LogP contribution in [0.15, 0.2) is 18.2 Å². The van der Waals surface area contributed by atoms with E-state index < -0.39 is 11.9 Å². The molecule has 112 valence electrons. The Kier molecular flexibility index (Phi) is 7.01. The lowest BCUT2D eigenvalue weighted by molar-refractivity contribution is -0.126. The predicted octanol–water partition coefficient (Wildman–Crippen LogP) is 3.33. The number of amides is 1. The van der Waals surface area contributed by atoms with E-state index in [-0.39, 0.29) is 11.6 Å². The summed E-state index contributed by atoms with van der Waals surface area (Å²) < 4.78 is 18.4. The molecule has 5 heteroatoms. The van der Waals surface area contributed by atoms with Crippen molar-refractivity contribution in [2.24, 2.45) is 0 Å². The van der Waals surface area contributed by atoms with Crippen LogP contribution in [0.1, 0.15) is 39.5 Å². The Morgan fingerprint density at radius 3 is 2.80 bits per heavy atom. The van der Waals surface area contributed by atoms with Gasteiger partial charge in [-0.1, -0.05) is 26.2 Å². The van der Waals surface area contributed by atoms with E-state index in [1.807, 2.05) is 0 Å². The fourth-order valence-electron chi connectivity index (χ4n) is 1.75. The van der Waals surface area contributed by atoms with Gasteiger partial charge in [0.2, 0.25) is 0 Å². The summed E-state index contributed by atoms with van der Waals surface area (Å²) in [6, 6.07) is 3.87. The number of ether oxygens (including phenoxy) is 1. The Morgan fingerprint density at radius 2 is 2.15 bits per heavy atom. The molecule has 20 heavy (non-hydrogen) atoms. The molecule has 0 aliphatic carbocycles. The number of carbonyl (C=O) groups excluding carboxylic acids is 1. The third-order valence-corrected chi connectivity index (χ3v) is 3.01. The number of nitrogens with two attached hydrogens (primary N) is 1. The number of halogens is 1. The molecular weight excluding hydrogens is 259 g/mol. The first kappa shape index (κ1) is 16.4. The lowest BCUT2D eigenvalue weighted by Crippen LogP contribution is -2.28. The summed E-state index contributed by atoms with van der Waals surface area (Å²) in [6.45, 7) is 4.40. The second-order valence-electron chi connectivity index (χ2n) is 4.79. The second-order valence-corrected chi connectivity index (χ2v) is 4.79. The Balaban J connectivity index is 2.37. The van der Waals surface area contributed by atoms with Gasteiger partial charge in [0.15, 0.2) is 0 Å². The maximum atomic E-state index is 12.9. The van der Waals surface area contributed by atoms with Gasteiger partial charge in [-0.15, -0.1) is 0 Å². The van der Waals surface area contributed by atoms with Crippen LogP contribution in [0.2, 0.25) is 0 Å². The molecular formula is C15H23FN2O2. The van der Waals surface area contributed by atoms with Gasteiger partial charge >= 0.3 is 0 Å². The number of hydrogen-bond acceptors (Lipinski definition) is 3. The number of carbonyl (C=O) groups is 1. The van der Waals surface area contributed by atoms with Crippen molar-refractivity contribution in [1.29, 1.82) is 0 Å². The van der Waals surface area contributed by atoms with Gasteiger partial charge in [0.05, 0.1) is 11.4 Å². The van der Waals surface area contributed by atoms with Crippen molar-refractivity contribution in [3.8, 4) is 0 Å². The Labute approximate surface area is 119 Å². The Morgan fingerprint density at radius 1 is 1.40 bits per heavy atom. The van der Waals surface area contributed by atoms with Crippen molar-refractivity contribution in [3.63, 3.8) is 0 Å². The number of anilines is 2. The molecule has 0 aromatic heterocycles. The quantitative estimate of drug-likeness (QED) is 0.568. The summed E-state index contributed by atoms with van der Waals surface area (Å²) in [6.07, 6.45) is 3.84. The zero-order valence-electron chi connectivity index (χ0n) is 12.1. The van der Waals surface area contributed by atoms with Crippen LogP contribution < -0.4 is 11.1 Å². The lowest BCUT2D eigenvalue weighted by atomic mass is 10.2. The molecule has 1 unspecified atom stereocenters. The SMILES string of the molecule is CCCCCCOC(C)C(=O)Nc1ccc(F)cc1N. The van der Waals surface area contributed by atoms with Crippen LogP contribution in [0.5, 0.6) is 0 Å². The molecule has 1 rings (SSSR count). The minimum Gasteiger partial charge on any atom is -0.397 e. The maximum absolute atomic E-state index is 12.9. The molecule has 0 spiro atoms. The Bertz CT molecular complexity index is 438. The third-order valence-electron chi connectivity index (χ3n) is 3.01. The standard InChI is InChI=1S/C15H23FN2O2/c1-3-4-5-6-9-20-11(2)15(19)18-14-8-7-12(16)10-13(14)17/h7-8,10-11H,3-6,9,17H2,1-2H3,(H,18,19). The highest BCUT2D eigenvalue weighted by atomic mass is 19.1. The summed E-state index contributed by atoms with van der Waals surface area (Å²) in [5.41, 5.74) is 6.23. The van der Waals surface area contributed by atoms with Crippen LogP contribution in [0.4, 0.5) is 15.8 Å². The molecule has 0 aliphatic rings. The summed E-state index contributed by atoms with van der Waals surface area (Å²) in [4.78, 5) is 11.9. The highest BCUT2D eigenvalue weighted by molar-refractivity contribution is 5.96. The molecule has 0 bridgehead atoms. The Hall–Kier alpha value is -1.62. The molecule has 0 radical (unpaired) electrons. The minimum atomic E-state index is -0.555. The van der Waals surface area contributed by atoms with E-state index in [2.05, 4.69) is 12.2 Å². The molecule has 1 aromatic rings. The van der Waals surface area contributed by atoms with Crippen molar-refractivity contribution < 1.29 is 13.9 Å². The van der Waals surface area contributed by atoms with E-state index in [4.69, 9.17) is 10.5 Å². The molecule has 0 aliphatic heterocycles. The molecule has 0 saturated heterocycles. The normalized spacial score (nSPS) is 12.2. The van der Waals surface area contributed by atoms with Crippen LogP contribution in [0.25, 0.3) is 0 Å². The smallest absolute Gasteiger partial charge is 0.253 e.